The molecule has 0 amide bonds. The fraction of sp³-hybridized carbons (Fsp3) is 0.938. The van der Waals surface area contributed by atoms with Crippen molar-refractivity contribution < 1.29 is 97.1 Å². The number of esters is 3. The van der Waals surface area contributed by atoms with Gasteiger partial charge >= 0.3 is 17.9 Å². The second-order valence-electron chi connectivity index (χ2n) is 19.9. The van der Waals surface area contributed by atoms with Gasteiger partial charge in [-0.15, -0.1) is 0 Å². The van der Waals surface area contributed by atoms with Crippen molar-refractivity contribution in [2.24, 2.45) is 11.8 Å². The average Bonchev–Trinajstić information content (AvgIpc) is 3.28. The minimum Gasteiger partial charge on any atom is -0.457 e. The van der Waals surface area contributed by atoms with E-state index >= 15 is 0 Å². The van der Waals surface area contributed by atoms with Crippen molar-refractivity contribution >= 4 is 17.9 Å². The summed E-state index contributed by atoms with van der Waals surface area (Å²) in [6.45, 7) is 14.8. The zero-order chi connectivity index (χ0) is 50.0. The number of ether oxygens (including phenoxy) is 11. The molecule has 0 spiro atoms. The molecule has 6 aliphatic heterocycles. The number of carbonyl (C=O) groups is 3. The highest BCUT2D eigenvalue weighted by molar-refractivity contribution is 5.72. The first-order chi connectivity index (χ1) is 32.2. The van der Waals surface area contributed by atoms with Gasteiger partial charge in [-0.25, -0.2) is 0 Å². The fourth-order valence-electron chi connectivity index (χ4n) is 9.27. The lowest BCUT2D eigenvalue weighted by Gasteiger charge is -2.49. The van der Waals surface area contributed by atoms with Gasteiger partial charge in [0.15, 0.2) is 43.5 Å². The summed E-state index contributed by atoms with van der Waals surface area (Å²) in [4.78, 5) is 39.1. The molecular weight excluding hydrogens is 897 g/mol. The van der Waals surface area contributed by atoms with Gasteiger partial charge in [0, 0.05) is 6.42 Å². The number of hydrogen-bond donors (Lipinski definition) is 6. The average molecular weight is 979 g/mol. The van der Waals surface area contributed by atoms with Gasteiger partial charge in [0.1, 0.15) is 54.9 Å². The number of unbranched alkanes of at least 4 members (excludes halogenated alkanes) is 2. The van der Waals surface area contributed by atoms with Crippen LogP contribution in [0.4, 0.5) is 0 Å². The van der Waals surface area contributed by atoms with Crippen LogP contribution in [0.5, 0.6) is 0 Å². The number of aliphatic hydroxyl groups excluding tert-OH is 6. The Bertz CT molecular complexity index is 1550. The van der Waals surface area contributed by atoms with E-state index in [9.17, 15) is 45.0 Å². The third-order valence-corrected chi connectivity index (χ3v) is 13.5. The molecule has 0 aromatic rings. The van der Waals surface area contributed by atoms with E-state index in [2.05, 4.69) is 6.92 Å². The highest BCUT2D eigenvalue weighted by Crippen LogP contribution is 2.37. The van der Waals surface area contributed by atoms with Gasteiger partial charge in [0.2, 0.25) is 0 Å². The highest BCUT2D eigenvalue weighted by atomic mass is 16.8. The van der Waals surface area contributed by atoms with E-state index in [0.717, 1.165) is 70.6 Å². The maximum absolute atomic E-state index is 13.5. The summed E-state index contributed by atoms with van der Waals surface area (Å²) in [7, 11) is 0. The molecule has 0 aliphatic carbocycles. The second kappa shape index (κ2) is 26.5. The van der Waals surface area contributed by atoms with Crippen molar-refractivity contribution in [3.05, 3.63) is 0 Å². The number of aliphatic hydroxyl groups is 6. The Labute approximate surface area is 400 Å². The molecule has 20 heteroatoms. The molecule has 21 atom stereocenters. The van der Waals surface area contributed by atoms with Crippen LogP contribution in [0.2, 0.25) is 0 Å². The van der Waals surface area contributed by atoms with Crippen LogP contribution in [0.1, 0.15) is 146 Å². The summed E-state index contributed by atoms with van der Waals surface area (Å²) in [6.07, 6.45) is -17.5. The summed E-state index contributed by atoms with van der Waals surface area (Å²) in [6, 6.07) is 0. The maximum Gasteiger partial charge on any atom is 0.308 e. The van der Waals surface area contributed by atoms with Crippen molar-refractivity contribution in [2.45, 2.75) is 275 Å². The lowest BCUT2D eigenvalue weighted by molar-refractivity contribution is -0.383. The van der Waals surface area contributed by atoms with E-state index in [-0.39, 0.29) is 12.5 Å². The van der Waals surface area contributed by atoms with E-state index in [1.165, 1.54) is 13.8 Å². The molecule has 6 fully saturated rings. The van der Waals surface area contributed by atoms with Gasteiger partial charge in [-0.3, -0.25) is 14.4 Å². The number of hydrogen-bond acceptors (Lipinski definition) is 20. The summed E-state index contributed by atoms with van der Waals surface area (Å²) in [5.41, 5.74) is 0. The molecule has 68 heavy (non-hydrogen) atoms. The Balaban J connectivity index is 1.36. The minimum absolute atomic E-state index is 0.0302. The number of rotatable bonds is 12. The van der Waals surface area contributed by atoms with Crippen molar-refractivity contribution in [2.75, 3.05) is 0 Å². The summed E-state index contributed by atoms with van der Waals surface area (Å²) >= 11 is 0. The third-order valence-electron chi connectivity index (χ3n) is 13.5. The van der Waals surface area contributed by atoms with Crippen LogP contribution in [0.3, 0.4) is 0 Å². The maximum atomic E-state index is 13.5. The monoisotopic (exact) mass is 979 g/mol. The zero-order valence-corrected chi connectivity index (χ0v) is 41.4. The molecule has 0 unspecified atom stereocenters. The number of fused-ring (bicyclic) bond motifs is 14. The molecule has 0 saturated carbocycles. The van der Waals surface area contributed by atoms with Gasteiger partial charge in [-0.05, 0) is 47.0 Å². The molecule has 6 saturated heterocycles. The van der Waals surface area contributed by atoms with Gasteiger partial charge in [-0.1, -0.05) is 92.4 Å². The van der Waals surface area contributed by atoms with E-state index in [4.69, 9.17) is 52.1 Å². The summed E-state index contributed by atoms with van der Waals surface area (Å²) in [5, 5.41) is 68.9. The first-order valence-electron chi connectivity index (χ1n) is 25.2. The Morgan fingerprint density at radius 3 is 1.71 bits per heavy atom. The van der Waals surface area contributed by atoms with Crippen LogP contribution in [0.25, 0.3) is 0 Å². The van der Waals surface area contributed by atoms with Crippen LogP contribution in [-0.4, -0.2) is 177 Å². The molecule has 6 rings (SSSR count). The first kappa shape index (κ1) is 56.8. The van der Waals surface area contributed by atoms with Crippen LogP contribution < -0.4 is 0 Å². The minimum atomic E-state index is -1.81. The smallest absolute Gasteiger partial charge is 0.308 e. The summed E-state index contributed by atoms with van der Waals surface area (Å²) < 4.78 is 66.6. The zero-order valence-electron chi connectivity index (χ0n) is 41.4. The highest BCUT2D eigenvalue weighted by Gasteiger charge is 2.56. The lowest BCUT2D eigenvalue weighted by atomic mass is 9.95. The number of carbonyl (C=O) groups excluding carboxylic acids is 3. The lowest BCUT2D eigenvalue weighted by Crippen LogP contribution is -2.67. The molecule has 20 nitrogen and oxygen atoms in total. The molecule has 6 aliphatic rings. The first-order valence-corrected chi connectivity index (χ1v) is 25.2. The standard InChI is InChI=1S/C48H82O20/c1-10-11-17-20-29-21-18-15-13-12-14-16-19-22-30(49)63-41-35(54)47(66-38-26(7)58-45(62-29)33(52)32(38)51)60-27(8)39(41)68-48-36(55)42(65-44(57)24(4)5)40(28(9)61-48)67-46-34(53)31(50)37(25(6)59-46)64-43(56)23(2)3/h23-29,31-42,45-48,50-55H,10-22H2,1-9H3/t25-,26-,27-,28-,29+,31-,32-,33+,34+,35+,36+,37-,38-,39-,40-,41-,42-,45-,46-,47-,48+/m0/s1. The largest absolute Gasteiger partial charge is 0.457 e. The molecule has 0 aromatic heterocycles. The molecule has 4 bridgehead atoms. The Morgan fingerprint density at radius 1 is 0.544 bits per heavy atom. The Morgan fingerprint density at radius 2 is 1.07 bits per heavy atom. The van der Waals surface area contributed by atoms with Crippen molar-refractivity contribution in [1.82, 2.24) is 0 Å². The SMILES string of the molecule is CCCCC[C@@H]1CCCCCCCCCC(=O)O[C@H]2[C@@H](O)[C@H](O[C@@H]3[C@@H](O)[C@@H](O)[C@H](O1)O[C@H]3C)O[C@@H](C)[C@@H]2O[C@H]1O[C@@H](C)[C@H](O[C@@H]2O[C@@H](C)[C@H](OC(=O)C(C)C)[C@@H](O)[C@H]2O)[C@@H](OC(=O)C(C)C)[C@H]1O. The van der Waals surface area contributed by atoms with Crippen LogP contribution in [0.15, 0.2) is 0 Å². The van der Waals surface area contributed by atoms with E-state index in [1.54, 1.807) is 41.5 Å². The van der Waals surface area contributed by atoms with E-state index in [0.29, 0.717) is 6.42 Å². The van der Waals surface area contributed by atoms with Gasteiger partial charge in [0.25, 0.3) is 0 Å². The molecular formula is C48H82O20. The Hall–Kier alpha value is -2.15. The van der Waals surface area contributed by atoms with Crippen LogP contribution in [-0.2, 0) is 66.5 Å². The molecule has 6 heterocycles. The normalized spacial score (nSPS) is 42.8. The van der Waals surface area contributed by atoms with Crippen molar-refractivity contribution in [3.8, 4) is 0 Å². The quantitative estimate of drug-likeness (QED) is 0.0932. The second-order valence-corrected chi connectivity index (χ2v) is 19.9. The van der Waals surface area contributed by atoms with Gasteiger partial charge < -0.3 is 82.7 Å². The Kier molecular flexibility index (Phi) is 22.1. The predicted octanol–water partition coefficient (Wildman–Crippen LogP) is 2.82. The molecule has 6 N–H and O–H groups in total. The predicted molar refractivity (Wildman–Crippen MR) is 238 cm³/mol. The van der Waals surface area contributed by atoms with Crippen LogP contribution in [0, 0.1) is 11.8 Å². The van der Waals surface area contributed by atoms with Crippen molar-refractivity contribution in [3.63, 3.8) is 0 Å². The van der Waals surface area contributed by atoms with Crippen LogP contribution >= 0.6 is 0 Å². The van der Waals surface area contributed by atoms with E-state index in [1.807, 2.05) is 0 Å². The molecule has 0 radical (unpaired) electrons. The fourth-order valence-corrected chi connectivity index (χ4v) is 9.27. The molecule has 394 valence electrons. The molecule has 0 aromatic carbocycles. The van der Waals surface area contributed by atoms with Gasteiger partial charge in [-0.2, -0.15) is 0 Å². The van der Waals surface area contributed by atoms with Crippen molar-refractivity contribution in [1.29, 1.82) is 0 Å². The van der Waals surface area contributed by atoms with Gasteiger partial charge in [0.05, 0.1) is 42.4 Å². The van der Waals surface area contributed by atoms with E-state index < -0.39 is 153 Å². The third kappa shape index (κ3) is 14.7. The topological polar surface area (TPSA) is 274 Å². The summed E-state index contributed by atoms with van der Waals surface area (Å²) in [5.74, 6) is -3.16.